The molecule has 0 fully saturated rings. The first kappa shape index (κ1) is 13.7. The van der Waals surface area contributed by atoms with Crippen molar-refractivity contribution in [2.45, 2.75) is 25.2 Å². The topological polar surface area (TPSA) is 78.9 Å². The quantitative estimate of drug-likeness (QED) is 0.835. The van der Waals surface area contributed by atoms with Gasteiger partial charge in [-0.15, -0.1) is 0 Å². The molecule has 21 heavy (non-hydrogen) atoms. The number of rotatable bonds is 1. The van der Waals surface area contributed by atoms with Crippen LogP contribution in [0.2, 0.25) is 5.02 Å². The zero-order valence-corrected chi connectivity index (χ0v) is 12.1. The number of carbonyl (C=O) groups excluding carboxylic acids is 1. The van der Waals surface area contributed by atoms with Crippen molar-refractivity contribution in [3.63, 3.8) is 0 Å². The second-order valence-corrected chi connectivity index (χ2v) is 5.59. The van der Waals surface area contributed by atoms with Crippen molar-refractivity contribution in [1.29, 1.82) is 5.26 Å². The maximum absolute atomic E-state index is 12.4. The molecule has 3 rings (SSSR count). The van der Waals surface area contributed by atoms with Gasteiger partial charge in [-0.05, 0) is 24.5 Å². The molecule has 0 aromatic heterocycles. The number of halogens is 1. The van der Waals surface area contributed by atoms with Crippen molar-refractivity contribution in [3.05, 3.63) is 57.5 Å². The highest BCUT2D eigenvalue weighted by Gasteiger charge is 2.37. The lowest BCUT2D eigenvalue weighted by molar-refractivity contribution is -0.116. The Balaban J connectivity index is 2.23. The average Bonchev–Trinajstić information content (AvgIpc) is 2.47. The van der Waals surface area contributed by atoms with Gasteiger partial charge in [0.05, 0.1) is 17.6 Å². The van der Waals surface area contributed by atoms with Crippen LogP contribution in [0, 0.1) is 11.3 Å². The van der Waals surface area contributed by atoms with Crippen LogP contribution in [0.5, 0.6) is 0 Å². The van der Waals surface area contributed by atoms with E-state index >= 15 is 0 Å². The number of nitrogens with one attached hydrogen (secondary N) is 1. The van der Waals surface area contributed by atoms with Crippen LogP contribution in [0.15, 0.2) is 46.9 Å². The highest BCUT2D eigenvalue weighted by Crippen LogP contribution is 2.42. The summed E-state index contributed by atoms with van der Waals surface area (Å²) >= 11 is 6.28. The SMILES string of the molecule is N#CC1=C(N)NC2=C(C(=O)CCC2)[C@@H]1c1ccccc1Cl. The normalized spacial score (nSPS) is 21.7. The van der Waals surface area contributed by atoms with Crippen LogP contribution in [-0.4, -0.2) is 5.78 Å². The minimum atomic E-state index is -0.465. The Kier molecular flexibility index (Phi) is 3.44. The minimum Gasteiger partial charge on any atom is -0.384 e. The molecule has 0 saturated heterocycles. The Morgan fingerprint density at radius 1 is 1.33 bits per heavy atom. The van der Waals surface area contributed by atoms with Crippen molar-refractivity contribution < 1.29 is 4.79 Å². The number of dihydropyridines is 1. The highest BCUT2D eigenvalue weighted by molar-refractivity contribution is 6.31. The van der Waals surface area contributed by atoms with Gasteiger partial charge in [0, 0.05) is 22.7 Å². The van der Waals surface area contributed by atoms with Crippen LogP contribution >= 0.6 is 11.6 Å². The zero-order valence-electron chi connectivity index (χ0n) is 11.3. The second kappa shape index (κ2) is 5.27. The third-order valence-corrected chi connectivity index (χ3v) is 4.29. The van der Waals surface area contributed by atoms with E-state index in [1.165, 1.54) is 0 Å². The molecule has 1 aliphatic heterocycles. The van der Waals surface area contributed by atoms with E-state index < -0.39 is 5.92 Å². The fourth-order valence-corrected chi connectivity index (χ4v) is 3.25. The van der Waals surface area contributed by atoms with E-state index in [1.54, 1.807) is 6.07 Å². The molecule has 0 unspecified atom stereocenters. The van der Waals surface area contributed by atoms with Crippen LogP contribution in [0.4, 0.5) is 0 Å². The molecule has 0 bridgehead atoms. The molecule has 106 valence electrons. The molecule has 3 N–H and O–H groups in total. The molecule has 1 heterocycles. The van der Waals surface area contributed by atoms with Gasteiger partial charge in [-0.2, -0.15) is 5.26 Å². The van der Waals surface area contributed by atoms with Crippen molar-refractivity contribution in [2.24, 2.45) is 5.73 Å². The van der Waals surface area contributed by atoms with Crippen molar-refractivity contribution in [1.82, 2.24) is 5.32 Å². The summed E-state index contributed by atoms with van der Waals surface area (Å²) in [6.45, 7) is 0. The summed E-state index contributed by atoms with van der Waals surface area (Å²) < 4.78 is 0. The maximum atomic E-state index is 12.4. The summed E-state index contributed by atoms with van der Waals surface area (Å²) in [7, 11) is 0. The molecule has 2 aliphatic rings. The first-order valence-electron chi connectivity index (χ1n) is 6.81. The average molecular weight is 300 g/mol. The van der Waals surface area contributed by atoms with Crippen LogP contribution in [-0.2, 0) is 4.79 Å². The minimum absolute atomic E-state index is 0.0638. The van der Waals surface area contributed by atoms with Crippen molar-refractivity contribution in [3.8, 4) is 6.07 Å². The van der Waals surface area contributed by atoms with E-state index in [0.717, 1.165) is 24.1 Å². The predicted octanol–water partition coefficient (Wildman–Crippen LogP) is 2.73. The monoisotopic (exact) mass is 299 g/mol. The predicted molar refractivity (Wildman–Crippen MR) is 80.0 cm³/mol. The molecule has 1 atom stereocenters. The van der Waals surface area contributed by atoms with Gasteiger partial charge < -0.3 is 11.1 Å². The molecule has 0 radical (unpaired) electrons. The third-order valence-electron chi connectivity index (χ3n) is 3.95. The van der Waals surface area contributed by atoms with Crippen molar-refractivity contribution in [2.75, 3.05) is 0 Å². The molecule has 0 amide bonds. The molecule has 5 heteroatoms. The number of nitriles is 1. The van der Waals surface area contributed by atoms with E-state index in [9.17, 15) is 10.1 Å². The first-order chi connectivity index (χ1) is 10.1. The van der Waals surface area contributed by atoms with Crippen LogP contribution < -0.4 is 11.1 Å². The van der Waals surface area contributed by atoms with Crippen LogP contribution in [0.1, 0.15) is 30.7 Å². The van der Waals surface area contributed by atoms with E-state index in [1.807, 2.05) is 18.2 Å². The Morgan fingerprint density at radius 3 is 2.81 bits per heavy atom. The van der Waals surface area contributed by atoms with Gasteiger partial charge in [0.1, 0.15) is 5.82 Å². The fraction of sp³-hybridized carbons (Fsp3) is 0.250. The number of nitrogens with zero attached hydrogens (tertiary/aromatic N) is 1. The summed E-state index contributed by atoms with van der Waals surface area (Å²) in [5.41, 5.74) is 8.55. The zero-order chi connectivity index (χ0) is 15.0. The first-order valence-corrected chi connectivity index (χ1v) is 7.18. The summed E-state index contributed by atoms with van der Waals surface area (Å²) in [5, 5.41) is 13.0. The molecular formula is C16H14ClN3O. The Bertz CT molecular complexity index is 727. The van der Waals surface area contributed by atoms with E-state index in [2.05, 4.69) is 11.4 Å². The van der Waals surface area contributed by atoms with Crippen LogP contribution in [0.3, 0.4) is 0 Å². The van der Waals surface area contributed by atoms with Gasteiger partial charge in [-0.1, -0.05) is 29.8 Å². The number of nitrogens with two attached hydrogens (primary N) is 1. The fourth-order valence-electron chi connectivity index (χ4n) is 3.00. The lowest BCUT2D eigenvalue weighted by Crippen LogP contribution is -2.35. The Morgan fingerprint density at radius 2 is 2.10 bits per heavy atom. The van der Waals surface area contributed by atoms with Gasteiger partial charge >= 0.3 is 0 Å². The lowest BCUT2D eigenvalue weighted by Gasteiger charge is -2.32. The van der Waals surface area contributed by atoms with E-state index in [4.69, 9.17) is 17.3 Å². The van der Waals surface area contributed by atoms with Crippen molar-refractivity contribution >= 4 is 17.4 Å². The summed E-state index contributed by atoms with van der Waals surface area (Å²) in [6, 6.07) is 9.41. The molecule has 1 aromatic carbocycles. The van der Waals surface area contributed by atoms with Gasteiger partial charge in [0.2, 0.25) is 0 Å². The van der Waals surface area contributed by atoms with E-state index in [-0.39, 0.29) is 5.78 Å². The maximum Gasteiger partial charge on any atom is 0.161 e. The number of carbonyl (C=O) groups is 1. The van der Waals surface area contributed by atoms with Gasteiger partial charge in [0.15, 0.2) is 5.78 Å². The smallest absolute Gasteiger partial charge is 0.161 e. The molecule has 0 saturated carbocycles. The Labute approximate surface area is 127 Å². The summed E-state index contributed by atoms with van der Waals surface area (Å²) in [6.07, 6.45) is 2.07. The number of Topliss-reactive ketones (excluding diaryl/α,β-unsaturated/α-hetero) is 1. The summed E-state index contributed by atoms with van der Waals surface area (Å²) in [4.78, 5) is 12.4. The molecular weight excluding hydrogens is 286 g/mol. The number of ketones is 1. The Hall–Kier alpha value is -2.25. The number of hydrogen-bond donors (Lipinski definition) is 2. The van der Waals surface area contributed by atoms with Gasteiger partial charge in [-0.3, -0.25) is 4.79 Å². The second-order valence-electron chi connectivity index (χ2n) is 5.19. The molecule has 1 aliphatic carbocycles. The lowest BCUT2D eigenvalue weighted by atomic mass is 9.76. The number of benzene rings is 1. The largest absolute Gasteiger partial charge is 0.384 e. The van der Waals surface area contributed by atoms with Crippen LogP contribution in [0.25, 0.3) is 0 Å². The molecule has 0 spiro atoms. The molecule has 4 nitrogen and oxygen atoms in total. The molecule has 1 aromatic rings. The standard InChI is InChI=1S/C16H14ClN3O/c17-11-5-2-1-4-9(11)14-10(8-18)16(19)20-12-6-3-7-13(21)15(12)14/h1-2,4-5,14,20H,3,6-7,19H2/t14-/m1/s1. The highest BCUT2D eigenvalue weighted by atomic mass is 35.5. The third kappa shape index (κ3) is 2.20. The number of hydrogen-bond acceptors (Lipinski definition) is 4. The van der Waals surface area contributed by atoms with Gasteiger partial charge in [-0.25, -0.2) is 0 Å². The number of allylic oxidation sites excluding steroid dienone is 3. The summed E-state index contributed by atoms with van der Waals surface area (Å²) in [5.74, 6) is -0.0856. The van der Waals surface area contributed by atoms with E-state index in [0.29, 0.717) is 28.4 Å². The van der Waals surface area contributed by atoms with Gasteiger partial charge in [0.25, 0.3) is 0 Å².